The maximum atomic E-state index is 13.1. The molecule has 1 atom stereocenters. The summed E-state index contributed by atoms with van der Waals surface area (Å²) in [5, 5.41) is 0. The van der Waals surface area contributed by atoms with Gasteiger partial charge in [0.15, 0.2) is 11.6 Å². The second-order valence-electron chi connectivity index (χ2n) is 2.74. The molecule has 0 fully saturated rings. The Labute approximate surface area is 88.6 Å². The number of hydrogen-bond acceptors (Lipinski definition) is 3. The maximum absolute atomic E-state index is 13.1. The van der Waals surface area contributed by atoms with Gasteiger partial charge < -0.3 is 16.2 Å². The smallest absolute Gasteiger partial charge is 0.165 e. The number of halogens is 2. The summed E-state index contributed by atoms with van der Waals surface area (Å²) in [6, 6.07) is 4.27. The van der Waals surface area contributed by atoms with Crippen LogP contribution in [0.5, 0.6) is 5.75 Å². The van der Waals surface area contributed by atoms with Crippen LogP contribution >= 0.6 is 12.4 Å². The molecule has 0 saturated heterocycles. The molecule has 1 aromatic rings. The van der Waals surface area contributed by atoms with Crippen LogP contribution < -0.4 is 16.2 Å². The first kappa shape index (κ1) is 13.2. The van der Waals surface area contributed by atoms with Gasteiger partial charge in [-0.3, -0.25) is 0 Å². The van der Waals surface area contributed by atoms with Gasteiger partial charge in [-0.2, -0.15) is 0 Å². The average molecular weight is 221 g/mol. The van der Waals surface area contributed by atoms with Crippen LogP contribution in [0.3, 0.4) is 0 Å². The van der Waals surface area contributed by atoms with Crippen molar-refractivity contribution in [3.8, 4) is 5.75 Å². The average Bonchev–Trinajstić information content (AvgIpc) is 2.16. The summed E-state index contributed by atoms with van der Waals surface area (Å²) >= 11 is 0. The van der Waals surface area contributed by atoms with E-state index in [2.05, 4.69) is 0 Å². The summed E-state index contributed by atoms with van der Waals surface area (Å²) in [7, 11) is 1.42. The molecule has 0 aliphatic heterocycles. The number of methoxy groups -OCH3 is 1. The van der Waals surface area contributed by atoms with Crippen LogP contribution in [0, 0.1) is 5.82 Å². The molecular weight excluding hydrogens is 207 g/mol. The van der Waals surface area contributed by atoms with E-state index >= 15 is 0 Å². The number of hydrogen-bond donors (Lipinski definition) is 2. The van der Waals surface area contributed by atoms with Crippen LogP contribution in [0.1, 0.15) is 11.6 Å². The summed E-state index contributed by atoms with van der Waals surface area (Å²) < 4.78 is 17.9. The predicted molar refractivity (Wildman–Crippen MR) is 56.2 cm³/mol. The van der Waals surface area contributed by atoms with E-state index in [0.29, 0.717) is 12.1 Å². The highest BCUT2D eigenvalue weighted by atomic mass is 35.5. The van der Waals surface area contributed by atoms with Gasteiger partial charge in [0, 0.05) is 12.6 Å². The molecule has 1 rings (SSSR count). The molecule has 0 aliphatic rings. The van der Waals surface area contributed by atoms with Crippen molar-refractivity contribution in [3.05, 3.63) is 29.6 Å². The van der Waals surface area contributed by atoms with Gasteiger partial charge in [0.1, 0.15) is 0 Å². The van der Waals surface area contributed by atoms with Gasteiger partial charge in [0.2, 0.25) is 0 Å². The second kappa shape index (κ2) is 5.80. The Morgan fingerprint density at radius 1 is 1.50 bits per heavy atom. The van der Waals surface area contributed by atoms with Crippen molar-refractivity contribution < 1.29 is 9.13 Å². The third-order valence-electron chi connectivity index (χ3n) is 1.86. The number of rotatable bonds is 3. The molecular formula is C9H14ClFN2O. The van der Waals surface area contributed by atoms with Gasteiger partial charge in [-0.1, -0.05) is 6.07 Å². The minimum Gasteiger partial charge on any atom is -0.494 e. The zero-order chi connectivity index (χ0) is 9.84. The van der Waals surface area contributed by atoms with Gasteiger partial charge in [-0.15, -0.1) is 12.4 Å². The summed E-state index contributed by atoms with van der Waals surface area (Å²) in [6.07, 6.45) is 0. The molecule has 0 spiro atoms. The Morgan fingerprint density at radius 3 is 2.57 bits per heavy atom. The van der Waals surface area contributed by atoms with Crippen molar-refractivity contribution in [3.63, 3.8) is 0 Å². The summed E-state index contributed by atoms with van der Waals surface area (Å²) in [5.41, 5.74) is 11.6. The Kier molecular flexibility index (Phi) is 5.45. The quantitative estimate of drug-likeness (QED) is 0.805. The Morgan fingerprint density at radius 2 is 2.14 bits per heavy atom. The van der Waals surface area contributed by atoms with Crippen LogP contribution in [0.25, 0.3) is 0 Å². The summed E-state index contributed by atoms with van der Waals surface area (Å²) in [6.45, 7) is 0.297. The van der Waals surface area contributed by atoms with Crippen molar-refractivity contribution in [1.82, 2.24) is 0 Å². The van der Waals surface area contributed by atoms with E-state index in [1.807, 2.05) is 0 Å². The largest absolute Gasteiger partial charge is 0.494 e. The highest BCUT2D eigenvalue weighted by Crippen LogP contribution is 2.20. The molecule has 5 heteroatoms. The van der Waals surface area contributed by atoms with Gasteiger partial charge in [-0.25, -0.2) is 4.39 Å². The van der Waals surface area contributed by atoms with E-state index in [1.54, 1.807) is 12.1 Å². The van der Waals surface area contributed by atoms with Crippen LogP contribution in [0.4, 0.5) is 4.39 Å². The maximum Gasteiger partial charge on any atom is 0.165 e. The molecule has 0 aliphatic carbocycles. The lowest BCUT2D eigenvalue weighted by Crippen LogP contribution is -2.20. The molecule has 3 nitrogen and oxygen atoms in total. The molecule has 4 N–H and O–H groups in total. The third-order valence-corrected chi connectivity index (χ3v) is 1.86. The fourth-order valence-corrected chi connectivity index (χ4v) is 1.05. The first-order valence-corrected chi connectivity index (χ1v) is 3.98. The van der Waals surface area contributed by atoms with Crippen LogP contribution in [0.15, 0.2) is 18.2 Å². The monoisotopic (exact) mass is 220 g/mol. The van der Waals surface area contributed by atoms with E-state index in [1.165, 1.54) is 13.2 Å². The fraction of sp³-hybridized carbons (Fsp3) is 0.333. The van der Waals surface area contributed by atoms with Crippen molar-refractivity contribution in [2.24, 2.45) is 11.5 Å². The van der Waals surface area contributed by atoms with E-state index in [0.717, 1.165) is 0 Å². The summed E-state index contributed by atoms with van der Waals surface area (Å²) in [5.74, 6) is -0.197. The molecule has 0 radical (unpaired) electrons. The van der Waals surface area contributed by atoms with Gasteiger partial charge >= 0.3 is 0 Å². The van der Waals surface area contributed by atoms with Gasteiger partial charge in [-0.05, 0) is 17.7 Å². The number of ether oxygens (including phenoxy) is 1. The van der Waals surface area contributed by atoms with Crippen molar-refractivity contribution in [2.75, 3.05) is 13.7 Å². The lowest BCUT2D eigenvalue weighted by atomic mass is 10.1. The fourth-order valence-electron chi connectivity index (χ4n) is 1.05. The SMILES string of the molecule is COc1ccc([C@H](N)CN)cc1F.Cl. The van der Waals surface area contributed by atoms with Crippen molar-refractivity contribution >= 4 is 12.4 Å². The molecule has 14 heavy (non-hydrogen) atoms. The lowest BCUT2D eigenvalue weighted by molar-refractivity contribution is 0.386. The highest BCUT2D eigenvalue weighted by Gasteiger charge is 2.07. The molecule has 0 aromatic heterocycles. The number of benzene rings is 1. The van der Waals surface area contributed by atoms with E-state index in [-0.39, 0.29) is 24.2 Å². The third kappa shape index (κ3) is 2.83. The molecule has 0 amide bonds. The van der Waals surface area contributed by atoms with Gasteiger partial charge in [0.05, 0.1) is 7.11 Å². The van der Waals surface area contributed by atoms with Crippen LogP contribution in [-0.4, -0.2) is 13.7 Å². The number of nitrogens with two attached hydrogens (primary N) is 2. The van der Waals surface area contributed by atoms with Gasteiger partial charge in [0.25, 0.3) is 0 Å². The minimum absolute atomic E-state index is 0. The van der Waals surface area contributed by atoms with E-state index in [9.17, 15) is 4.39 Å². The normalized spacial score (nSPS) is 11.7. The lowest BCUT2D eigenvalue weighted by Gasteiger charge is -2.10. The molecule has 80 valence electrons. The van der Waals surface area contributed by atoms with Crippen molar-refractivity contribution in [1.29, 1.82) is 0 Å². The zero-order valence-electron chi connectivity index (χ0n) is 7.87. The Balaban J connectivity index is 0.00000169. The second-order valence-corrected chi connectivity index (χ2v) is 2.74. The molecule has 0 saturated carbocycles. The molecule has 0 heterocycles. The van der Waals surface area contributed by atoms with Crippen molar-refractivity contribution in [2.45, 2.75) is 6.04 Å². The van der Waals surface area contributed by atoms with Crippen LogP contribution in [-0.2, 0) is 0 Å². The molecule has 0 unspecified atom stereocenters. The Hall–Kier alpha value is -0.840. The van der Waals surface area contributed by atoms with Crippen LogP contribution in [0.2, 0.25) is 0 Å². The van der Waals surface area contributed by atoms with E-state index in [4.69, 9.17) is 16.2 Å². The zero-order valence-corrected chi connectivity index (χ0v) is 8.68. The first-order valence-electron chi connectivity index (χ1n) is 3.98. The standard InChI is InChI=1S/C9H13FN2O.ClH/c1-13-9-3-2-6(4-7(9)10)8(12)5-11;/h2-4,8H,5,11-12H2,1H3;1H/t8-;/m1./s1. The highest BCUT2D eigenvalue weighted by molar-refractivity contribution is 5.85. The molecule has 0 bridgehead atoms. The Bertz CT molecular complexity index is 296. The molecule has 1 aromatic carbocycles. The topological polar surface area (TPSA) is 61.3 Å². The predicted octanol–water partition coefficient (Wildman–Crippen LogP) is 1.21. The van der Waals surface area contributed by atoms with E-state index < -0.39 is 5.82 Å². The minimum atomic E-state index is -0.413. The first-order chi connectivity index (χ1) is 6.19. The summed E-state index contributed by atoms with van der Waals surface area (Å²) in [4.78, 5) is 0.